The molecule has 1 unspecified atom stereocenters. The van der Waals surface area contributed by atoms with E-state index in [4.69, 9.17) is 15.6 Å². The summed E-state index contributed by atoms with van der Waals surface area (Å²) in [5.41, 5.74) is 7.58. The molecule has 1 aliphatic heterocycles. The normalized spacial score (nSPS) is 14.8. The largest absolute Gasteiger partial charge is 0.490 e. The average molecular weight is 610 g/mol. The first-order valence-electron chi connectivity index (χ1n) is 12.3. The molecule has 5 rings (SSSR count). The predicted octanol–water partition coefficient (Wildman–Crippen LogP) is 4.35. The Balaban J connectivity index is 0.000000517. The quantitative estimate of drug-likeness (QED) is 0.314. The number of carbonyl (C=O) groups excluding carboxylic acids is 1. The number of rotatable bonds is 6. The molecule has 0 fully saturated rings. The molecular weight excluding hydrogens is 585 g/mol. The van der Waals surface area contributed by atoms with E-state index in [1.54, 1.807) is 11.9 Å². The van der Waals surface area contributed by atoms with Crippen molar-refractivity contribution in [3.05, 3.63) is 93.0 Å². The molecule has 1 atom stereocenters. The summed E-state index contributed by atoms with van der Waals surface area (Å²) in [6.45, 7) is -0.412. The third-order valence-corrected chi connectivity index (χ3v) is 7.72. The molecule has 42 heavy (non-hydrogen) atoms. The number of carboxylic acids is 1. The Morgan fingerprint density at radius 3 is 2.48 bits per heavy atom. The molecule has 2 aromatic heterocycles. The van der Waals surface area contributed by atoms with Crippen LogP contribution in [-0.4, -0.2) is 51.1 Å². The molecule has 0 aliphatic carbocycles. The van der Waals surface area contributed by atoms with E-state index < -0.39 is 23.9 Å². The summed E-state index contributed by atoms with van der Waals surface area (Å²) in [4.78, 5) is 37.2. The van der Waals surface area contributed by atoms with Crippen LogP contribution in [0.4, 0.5) is 27.6 Å². The Hall–Kier alpha value is -4.37. The topological polar surface area (TPSA) is 123 Å². The molecule has 0 saturated carbocycles. The minimum absolute atomic E-state index is 0.0630. The van der Waals surface area contributed by atoms with Gasteiger partial charge in [0.05, 0.1) is 19.0 Å². The van der Waals surface area contributed by atoms with Crippen molar-refractivity contribution in [3.8, 4) is 0 Å². The number of aliphatic carboxylic acids is 1. The van der Waals surface area contributed by atoms with E-state index in [0.29, 0.717) is 6.42 Å². The van der Waals surface area contributed by atoms with Crippen LogP contribution in [0.15, 0.2) is 71.3 Å². The number of nitrogens with two attached hydrogens (primary N) is 1. The van der Waals surface area contributed by atoms with Gasteiger partial charge in [0, 0.05) is 34.4 Å². The van der Waals surface area contributed by atoms with Crippen molar-refractivity contribution < 1.29 is 36.6 Å². The van der Waals surface area contributed by atoms with Crippen LogP contribution < -0.4 is 16.3 Å². The van der Waals surface area contributed by atoms with Crippen LogP contribution in [0.2, 0.25) is 0 Å². The second-order valence-corrected chi connectivity index (χ2v) is 10.5. The summed E-state index contributed by atoms with van der Waals surface area (Å²) in [5, 5.41) is 12.1. The molecule has 0 bridgehead atoms. The molecule has 3 N–H and O–H groups in total. The summed E-state index contributed by atoms with van der Waals surface area (Å²) >= 11 is 1.54. The summed E-state index contributed by atoms with van der Waals surface area (Å²) in [5.74, 6) is -2.95. The van der Waals surface area contributed by atoms with Gasteiger partial charge >= 0.3 is 17.8 Å². The summed E-state index contributed by atoms with van der Waals surface area (Å²) < 4.78 is 60.9. The maximum absolute atomic E-state index is 13.1. The van der Waals surface area contributed by atoms with E-state index in [2.05, 4.69) is 11.2 Å². The van der Waals surface area contributed by atoms with Crippen molar-refractivity contribution in [2.45, 2.75) is 31.6 Å². The lowest BCUT2D eigenvalue weighted by molar-refractivity contribution is -0.192. The van der Waals surface area contributed by atoms with Gasteiger partial charge in [-0.05, 0) is 47.2 Å². The number of hydrogen-bond acceptors (Lipinski definition) is 6. The third kappa shape index (κ3) is 6.57. The van der Waals surface area contributed by atoms with E-state index in [9.17, 15) is 31.5 Å². The monoisotopic (exact) mass is 609 g/mol. The highest BCUT2D eigenvalue weighted by Crippen LogP contribution is 2.36. The Kier molecular flexibility index (Phi) is 8.92. The number of aromatic nitrogens is 3. The molecule has 222 valence electrons. The molecular formula is C27H24F5N5O4S. The number of hydrogen-bond donors (Lipinski definition) is 2. The van der Waals surface area contributed by atoms with Crippen molar-refractivity contribution >= 4 is 39.0 Å². The summed E-state index contributed by atoms with van der Waals surface area (Å²) in [6.07, 6.45) is -4.98. The molecule has 1 amide bonds. The first-order chi connectivity index (χ1) is 19.8. The number of amides is 1. The number of halogens is 5. The number of para-hydroxylation sites is 1. The molecule has 9 nitrogen and oxygen atoms in total. The van der Waals surface area contributed by atoms with Crippen LogP contribution >= 0.6 is 11.3 Å². The average Bonchev–Trinajstić information content (AvgIpc) is 3.50. The molecule has 0 saturated heterocycles. The highest BCUT2D eigenvalue weighted by Gasteiger charge is 2.38. The van der Waals surface area contributed by atoms with E-state index in [1.807, 2.05) is 42.5 Å². The molecule has 3 heterocycles. The standard InChI is InChI=1S/C25H23F2N5O2S.C2HF3O2/c1-30-21-5-3-2-4-16(21)10-20(24(30)33)15-6-7-22-17(8-15)9-19(35-22)13-31-14-29-32(25(31)34)12-18(11-28)23(26)27;3-2(4,5)1(6)7/h2-9,14,20H,10-13,28H2,1H3;(H,6,7). The number of likely N-dealkylation sites (N-methyl/N-ethyl adjacent to an activating group) is 1. The Labute approximate surface area is 238 Å². The minimum atomic E-state index is -5.08. The number of thiophene rings is 1. The second-order valence-electron chi connectivity index (χ2n) is 9.36. The number of carbonyl (C=O) groups is 2. The van der Waals surface area contributed by atoms with Crippen molar-refractivity contribution in [1.82, 2.24) is 14.3 Å². The molecule has 0 radical (unpaired) electrons. The fourth-order valence-electron chi connectivity index (χ4n) is 4.48. The lowest BCUT2D eigenvalue weighted by atomic mass is 9.86. The zero-order valence-corrected chi connectivity index (χ0v) is 22.8. The van der Waals surface area contributed by atoms with Gasteiger partial charge in [-0.2, -0.15) is 27.1 Å². The van der Waals surface area contributed by atoms with Crippen LogP contribution in [0.5, 0.6) is 0 Å². The number of nitrogens with zero attached hydrogens (tertiary/aromatic N) is 4. The van der Waals surface area contributed by atoms with E-state index in [-0.39, 0.29) is 37.0 Å². The predicted molar refractivity (Wildman–Crippen MR) is 146 cm³/mol. The highest BCUT2D eigenvalue weighted by molar-refractivity contribution is 7.19. The molecule has 15 heteroatoms. The van der Waals surface area contributed by atoms with Crippen LogP contribution in [0.25, 0.3) is 10.1 Å². The SMILES string of the molecule is CN1C(=O)C(c2ccc3sc(Cn4cnn(CC(CN)=C(F)F)c4=O)cc3c2)Cc2ccccc21.O=C(O)C(F)(F)F. The first kappa shape index (κ1) is 30.6. The van der Waals surface area contributed by atoms with Crippen molar-refractivity contribution in [2.24, 2.45) is 5.73 Å². The number of fused-ring (bicyclic) bond motifs is 2. The van der Waals surface area contributed by atoms with Gasteiger partial charge < -0.3 is 15.7 Å². The maximum atomic E-state index is 13.1. The number of anilines is 1. The van der Waals surface area contributed by atoms with Gasteiger partial charge in [0.15, 0.2) is 0 Å². The smallest absolute Gasteiger partial charge is 0.475 e. The van der Waals surface area contributed by atoms with Gasteiger partial charge in [0.25, 0.3) is 6.08 Å². The number of alkyl halides is 3. The molecule has 2 aromatic carbocycles. The highest BCUT2D eigenvalue weighted by atomic mass is 32.1. The minimum Gasteiger partial charge on any atom is -0.475 e. The van der Waals surface area contributed by atoms with Crippen LogP contribution in [0.3, 0.4) is 0 Å². The maximum Gasteiger partial charge on any atom is 0.490 e. The van der Waals surface area contributed by atoms with Crippen LogP contribution in [0, 0.1) is 0 Å². The van der Waals surface area contributed by atoms with Crippen LogP contribution in [0.1, 0.15) is 21.9 Å². The van der Waals surface area contributed by atoms with Crippen molar-refractivity contribution in [2.75, 3.05) is 18.5 Å². The van der Waals surface area contributed by atoms with Gasteiger partial charge in [-0.25, -0.2) is 14.3 Å². The van der Waals surface area contributed by atoms with Crippen molar-refractivity contribution in [1.29, 1.82) is 0 Å². The van der Waals surface area contributed by atoms with E-state index >= 15 is 0 Å². The molecule has 4 aromatic rings. The fourth-order valence-corrected chi connectivity index (χ4v) is 5.52. The summed E-state index contributed by atoms with van der Waals surface area (Å²) in [6, 6.07) is 16.0. The Morgan fingerprint density at radius 2 is 1.83 bits per heavy atom. The zero-order valence-electron chi connectivity index (χ0n) is 21.9. The third-order valence-electron chi connectivity index (χ3n) is 6.62. The molecule has 1 aliphatic rings. The van der Waals surface area contributed by atoms with Gasteiger partial charge in [-0.1, -0.05) is 24.3 Å². The first-order valence-corrected chi connectivity index (χ1v) is 13.1. The van der Waals surface area contributed by atoms with Crippen molar-refractivity contribution in [3.63, 3.8) is 0 Å². The van der Waals surface area contributed by atoms with Gasteiger partial charge in [-0.3, -0.25) is 9.36 Å². The van der Waals surface area contributed by atoms with E-state index in [0.717, 1.165) is 36.5 Å². The summed E-state index contributed by atoms with van der Waals surface area (Å²) in [7, 11) is 1.81. The fraction of sp³-hybridized carbons (Fsp3) is 0.259. The van der Waals surface area contributed by atoms with Crippen LogP contribution in [-0.2, 0) is 29.1 Å². The Morgan fingerprint density at radius 1 is 1.14 bits per heavy atom. The van der Waals surface area contributed by atoms with Gasteiger partial charge in [0.2, 0.25) is 5.91 Å². The molecule has 0 spiro atoms. The Bertz CT molecular complexity index is 1720. The zero-order chi connectivity index (χ0) is 30.8. The number of benzene rings is 2. The second kappa shape index (κ2) is 12.2. The lowest BCUT2D eigenvalue weighted by Gasteiger charge is -2.31. The lowest BCUT2D eigenvalue weighted by Crippen LogP contribution is -2.37. The van der Waals surface area contributed by atoms with Gasteiger partial charge in [0.1, 0.15) is 6.33 Å². The number of carboxylic acid groups (broad SMARTS) is 1. The van der Waals surface area contributed by atoms with Gasteiger partial charge in [-0.15, -0.1) is 11.3 Å². The van der Waals surface area contributed by atoms with E-state index in [1.165, 1.54) is 22.2 Å².